The van der Waals surface area contributed by atoms with E-state index in [2.05, 4.69) is 37.4 Å². The molecule has 0 aliphatic rings. The van der Waals surface area contributed by atoms with E-state index in [4.69, 9.17) is 0 Å². The summed E-state index contributed by atoms with van der Waals surface area (Å²) in [6.45, 7) is 9.48. The zero-order valence-electron chi connectivity index (χ0n) is 11.3. The highest BCUT2D eigenvalue weighted by Gasteiger charge is 2.02. The standard InChI is InChI=1S/C13H25N3.ClH/c1-4-6-7-8-9-14-10-13-11-16(5-2)15-12(13)3;/h11,14H,4-10H2,1-3H3;1H. The number of nitrogens with one attached hydrogen (secondary N) is 1. The quantitative estimate of drug-likeness (QED) is 0.726. The van der Waals surface area contributed by atoms with Gasteiger partial charge < -0.3 is 5.32 Å². The van der Waals surface area contributed by atoms with Gasteiger partial charge in [-0.25, -0.2) is 0 Å². The molecule has 0 saturated carbocycles. The average Bonchev–Trinajstić information content (AvgIpc) is 2.65. The van der Waals surface area contributed by atoms with Crippen LogP contribution in [0, 0.1) is 6.92 Å². The highest BCUT2D eigenvalue weighted by Crippen LogP contribution is 2.05. The summed E-state index contributed by atoms with van der Waals surface area (Å²) < 4.78 is 2.00. The number of nitrogens with zero attached hydrogens (tertiary/aromatic N) is 2. The smallest absolute Gasteiger partial charge is 0.0638 e. The Morgan fingerprint density at radius 3 is 2.59 bits per heavy atom. The molecule has 1 N–H and O–H groups in total. The Labute approximate surface area is 111 Å². The molecule has 0 aliphatic heterocycles. The van der Waals surface area contributed by atoms with Crippen molar-refractivity contribution in [2.45, 2.75) is 59.5 Å². The third kappa shape index (κ3) is 6.08. The van der Waals surface area contributed by atoms with Gasteiger partial charge in [-0.15, -0.1) is 12.4 Å². The first-order chi connectivity index (χ1) is 7.77. The summed E-state index contributed by atoms with van der Waals surface area (Å²) in [5.74, 6) is 0. The molecule has 1 aromatic rings. The van der Waals surface area contributed by atoms with Crippen molar-refractivity contribution in [1.29, 1.82) is 0 Å². The number of aromatic nitrogens is 2. The van der Waals surface area contributed by atoms with Crippen molar-refractivity contribution < 1.29 is 0 Å². The van der Waals surface area contributed by atoms with Crippen LogP contribution in [-0.2, 0) is 13.1 Å². The van der Waals surface area contributed by atoms with Gasteiger partial charge in [-0.05, 0) is 26.8 Å². The Balaban J connectivity index is 0.00000256. The topological polar surface area (TPSA) is 29.9 Å². The minimum absolute atomic E-state index is 0. The zero-order chi connectivity index (χ0) is 11.8. The summed E-state index contributed by atoms with van der Waals surface area (Å²) in [6.07, 6.45) is 7.44. The fraction of sp³-hybridized carbons (Fsp3) is 0.769. The predicted octanol–water partition coefficient (Wildman–Crippen LogP) is 3.30. The van der Waals surface area contributed by atoms with Gasteiger partial charge in [0.1, 0.15) is 0 Å². The van der Waals surface area contributed by atoms with Crippen molar-refractivity contribution in [2.24, 2.45) is 0 Å². The van der Waals surface area contributed by atoms with E-state index in [1.165, 1.54) is 31.2 Å². The predicted molar refractivity (Wildman–Crippen MR) is 75.7 cm³/mol. The molecule has 100 valence electrons. The Kier molecular flexibility index (Phi) is 9.18. The monoisotopic (exact) mass is 259 g/mol. The van der Waals surface area contributed by atoms with Crippen LogP contribution in [0.2, 0.25) is 0 Å². The zero-order valence-corrected chi connectivity index (χ0v) is 12.1. The van der Waals surface area contributed by atoms with E-state index in [9.17, 15) is 0 Å². The summed E-state index contributed by atoms with van der Waals surface area (Å²) in [6, 6.07) is 0. The van der Waals surface area contributed by atoms with Crippen LogP contribution in [-0.4, -0.2) is 16.3 Å². The van der Waals surface area contributed by atoms with Crippen LogP contribution in [0.25, 0.3) is 0 Å². The van der Waals surface area contributed by atoms with E-state index in [0.29, 0.717) is 0 Å². The lowest BCUT2D eigenvalue weighted by molar-refractivity contribution is 0.597. The second-order valence-electron chi connectivity index (χ2n) is 4.33. The van der Waals surface area contributed by atoms with Crippen molar-refractivity contribution >= 4 is 12.4 Å². The van der Waals surface area contributed by atoms with E-state index >= 15 is 0 Å². The Morgan fingerprint density at radius 1 is 1.24 bits per heavy atom. The Hall–Kier alpha value is -0.540. The maximum atomic E-state index is 4.43. The lowest BCUT2D eigenvalue weighted by atomic mass is 10.2. The molecule has 0 aromatic carbocycles. The van der Waals surface area contributed by atoms with E-state index in [1.54, 1.807) is 0 Å². The second kappa shape index (κ2) is 9.49. The number of halogens is 1. The number of rotatable bonds is 8. The summed E-state index contributed by atoms with van der Waals surface area (Å²) in [7, 11) is 0. The average molecular weight is 260 g/mol. The van der Waals surface area contributed by atoms with Crippen molar-refractivity contribution in [3.8, 4) is 0 Å². The maximum absolute atomic E-state index is 4.43. The Morgan fingerprint density at radius 2 is 2.00 bits per heavy atom. The molecule has 0 amide bonds. The highest BCUT2D eigenvalue weighted by molar-refractivity contribution is 5.85. The first-order valence-electron chi connectivity index (χ1n) is 6.51. The van der Waals surface area contributed by atoms with E-state index in [-0.39, 0.29) is 12.4 Å². The SMILES string of the molecule is CCCCCCNCc1cn(CC)nc1C.Cl. The molecule has 0 bridgehead atoms. The van der Waals surface area contributed by atoms with Crippen molar-refractivity contribution in [3.05, 3.63) is 17.5 Å². The molecule has 0 unspecified atom stereocenters. The molecule has 3 nitrogen and oxygen atoms in total. The van der Waals surface area contributed by atoms with Gasteiger partial charge in [-0.2, -0.15) is 5.10 Å². The van der Waals surface area contributed by atoms with Crippen LogP contribution in [0.4, 0.5) is 0 Å². The van der Waals surface area contributed by atoms with E-state index < -0.39 is 0 Å². The second-order valence-corrected chi connectivity index (χ2v) is 4.33. The van der Waals surface area contributed by atoms with Crippen molar-refractivity contribution in [3.63, 3.8) is 0 Å². The van der Waals surface area contributed by atoms with Crippen LogP contribution in [0.1, 0.15) is 50.8 Å². The lowest BCUT2D eigenvalue weighted by Crippen LogP contribution is -2.14. The van der Waals surface area contributed by atoms with Gasteiger partial charge in [0.05, 0.1) is 5.69 Å². The molecule has 0 spiro atoms. The number of aryl methyl sites for hydroxylation is 2. The molecule has 0 fully saturated rings. The molecular weight excluding hydrogens is 234 g/mol. The first kappa shape index (κ1) is 16.5. The molecule has 4 heteroatoms. The third-order valence-corrected chi connectivity index (χ3v) is 2.89. The van der Waals surface area contributed by atoms with Crippen molar-refractivity contribution in [2.75, 3.05) is 6.54 Å². The molecule has 0 saturated heterocycles. The van der Waals surface area contributed by atoms with Gasteiger partial charge in [0.2, 0.25) is 0 Å². The maximum Gasteiger partial charge on any atom is 0.0638 e. The van der Waals surface area contributed by atoms with Gasteiger partial charge in [0.25, 0.3) is 0 Å². The van der Waals surface area contributed by atoms with Gasteiger partial charge >= 0.3 is 0 Å². The normalized spacial score (nSPS) is 10.3. The van der Waals surface area contributed by atoms with Gasteiger partial charge in [0.15, 0.2) is 0 Å². The van der Waals surface area contributed by atoms with Gasteiger partial charge in [-0.1, -0.05) is 26.2 Å². The Bertz CT molecular complexity index is 297. The fourth-order valence-electron chi connectivity index (χ4n) is 1.79. The molecular formula is C13H26ClN3. The van der Waals surface area contributed by atoms with E-state index in [1.807, 2.05) is 4.68 Å². The first-order valence-corrected chi connectivity index (χ1v) is 6.51. The summed E-state index contributed by atoms with van der Waals surface area (Å²) in [5.41, 5.74) is 2.49. The number of hydrogen-bond acceptors (Lipinski definition) is 2. The minimum atomic E-state index is 0. The molecule has 1 heterocycles. The number of unbranched alkanes of at least 4 members (excludes halogenated alkanes) is 3. The summed E-state index contributed by atoms with van der Waals surface area (Å²) >= 11 is 0. The largest absolute Gasteiger partial charge is 0.313 e. The van der Waals surface area contributed by atoms with Crippen LogP contribution in [0.5, 0.6) is 0 Å². The van der Waals surface area contributed by atoms with E-state index in [0.717, 1.165) is 25.3 Å². The summed E-state index contributed by atoms with van der Waals surface area (Å²) in [4.78, 5) is 0. The summed E-state index contributed by atoms with van der Waals surface area (Å²) in [5, 5.41) is 7.92. The molecule has 0 atom stereocenters. The van der Waals surface area contributed by atoms with Crippen LogP contribution in [0.15, 0.2) is 6.20 Å². The molecule has 1 rings (SSSR count). The highest BCUT2D eigenvalue weighted by atomic mass is 35.5. The van der Waals surface area contributed by atoms with Gasteiger partial charge in [-0.3, -0.25) is 4.68 Å². The molecule has 0 radical (unpaired) electrons. The van der Waals surface area contributed by atoms with Crippen LogP contribution >= 0.6 is 12.4 Å². The molecule has 0 aliphatic carbocycles. The van der Waals surface area contributed by atoms with Gasteiger partial charge in [0, 0.05) is 24.8 Å². The minimum Gasteiger partial charge on any atom is -0.313 e. The lowest BCUT2D eigenvalue weighted by Gasteiger charge is -2.03. The van der Waals surface area contributed by atoms with Crippen LogP contribution in [0.3, 0.4) is 0 Å². The van der Waals surface area contributed by atoms with Crippen molar-refractivity contribution in [1.82, 2.24) is 15.1 Å². The fourth-order valence-corrected chi connectivity index (χ4v) is 1.79. The van der Waals surface area contributed by atoms with Crippen LogP contribution < -0.4 is 5.32 Å². The molecule has 1 aromatic heterocycles. The third-order valence-electron chi connectivity index (χ3n) is 2.89. The number of hydrogen-bond donors (Lipinski definition) is 1. The molecule has 17 heavy (non-hydrogen) atoms.